The number of hydrogen-bond donors (Lipinski definition) is 3. The van der Waals surface area contributed by atoms with Crippen molar-refractivity contribution in [2.75, 3.05) is 26.2 Å². The molecule has 0 aromatic rings. The fourth-order valence-corrected chi connectivity index (χ4v) is 5.95. The van der Waals surface area contributed by atoms with Crippen molar-refractivity contribution in [2.45, 2.75) is 167 Å². The maximum absolute atomic E-state index is 11.1. The Bertz CT molecular complexity index is 643. The van der Waals surface area contributed by atoms with Crippen LogP contribution in [0.25, 0.3) is 0 Å². The molecule has 7 nitrogen and oxygen atoms in total. The molecule has 0 saturated carbocycles. The molecule has 7 heteroatoms. The minimum Gasteiger partial charge on any atom is -0.481 e. The highest BCUT2D eigenvalue weighted by Crippen LogP contribution is 2.19. The number of carbonyl (C=O) groups is 3. The first kappa shape index (κ1) is 40.1. The maximum Gasteiger partial charge on any atom is 0.303 e. The summed E-state index contributed by atoms with van der Waals surface area (Å²) < 4.78 is 0.642. The Hall–Kier alpha value is -1.89. The smallest absolute Gasteiger partial charge is 0.303 e. The van der Waals surface area contributed by atoms with Crippen molar-refractivity contribution < 1.29 is 34.2 Å². The van der Waals surface area contributed by atoms with Gasteiger partial charge in [0.2, 0.25) is 0 Å². The lowest BCUT2D eigenvalue weighted by Gasteiger charge is -2.39. The van der Waals surface area contributed by atoms with Crippen LogP contribution in [0.1, 0.15) is 167 Å². The molecule has 0 aromatic carbocycles. The highest BCUT2D eigenvalue weighted by atomic mass is 16.4. The SMILES string of the molecule is CCCCCCCC/C=C/CCCCCCCCCCCCC[N+](CCCC(=O)O)(CCCC(=O)O)CCCC(=O)O. The van der Waals surface area contributed by atoms with Crippen LogP contribution < -0.4 is 0 Å². The maximum atomic E-state index is 11.1. The van der Waals surface area contributed by atoms with Gasteiger partial charge in [-0.3, -0.25) is 14.4 Å². The molecule has 246 valence electrons. The molecule has 0 aliphatic carbocycles. The molecular formula is C35H66NO6+. The Morgan fingerprint density at radius 3 is 1.05 bits per heavy atom. The fourth-order valence-electron chi connectivity index (χ4n) is 5.95. The lowest BCUT2D eigenvalue weighted by molar-refractivity contribution is -0.929. The quantitative estimate of drug-likeness (QED) is 0.0395. The van der Waals surface area contributed by atoms with E-state index in [2.05, 4.69) is 19.1 Å². The van der Waals surface area contributed by atoms with Gasteiger partial charge in [-0.05, 0) is 38.5 Å². The summed E-state index contributed by atoms with van der Waals surface area (Å²) in [7, 11) is 0. The molecule has 0 amide bonds. The Kier molecular flexibility index (Phi) is 27.9. The van der Waals surface area contributed by atoms with Crippen molar-refractivity contribution in [3.63, 3.8) is 0 Å². The fraction of sp³-hybridized carbons (Fsp3) is 0.857. The van der Waals surface area contributed by atoms with E-state index in [4.69, 9.17) is 15.3 Å². The van der Waals surface area contributed by atoms with Crippen molar-refractivity contribution in [3.05, 3.63) is 12.2 Å². The predicted molar refractivity (Wildman–Crippen MR) is 173 cm³/mol. The molecule has 0 aromatic heterocycles. The van der Waals surface area contributed by atoms with E-state index in [1.165, 1.54) is 109 Å². The molecule has 3 N–H and O–H groups in total. The van der Waals surface area contributed by atoms with E-state index in [1.54, 1.807) is 0 Å². The first-order chi connectivity index (χ1) is 20.3. The number of nitrogens with zero attached hydrogens (tertiary/aromatic N) is 1. The minimum absolute atomic E-state index is 0.0915. The van der Waals surface area contributed by atoms with Crippen LogP contribution in [0.15, 0.2) is 12.2 Å². The third-order valence-corrected chi connectivity index (χ3v) is 8.46. The van der Waals surface area contributed by atoms with Gasteiger partial charge in [-0.25, -0.2) is 0 Å². The summed E-state index contributed by atoms with van der Waals surface area (Å²) in [4.78, 5) is 33.2. The summed E-state index contributed by atoms with van der Waals surface area (Å²) in [5, 5.41) is 27.3. The van der Waals surface area contributed by atoms with E-state index >= 15 is 0 Å². The van der Waals surface area contributed by atoms with Gasteiger partial charge in [0.1, 0.15) is 0 Å². The second kappa shape index (κ2) is 29.2. The molecule has 0 unspecified atom stereocenters. The molecule has 0 bridgehead atoms. The third kappa shape index (κ3) is 28.2. The summed E-state index contributed by atoms with van der Waals surface area (Å²) in [5.41, 5.74) is 0. The molecule has 0 aliphatic heterocycles. The zero-order valence-electron chi connectivity index (χ0n) is 27.2. The number of carboxylic acid groups (broad SMARTS) is 3. The first-order valence-corrected chi connectivity index (χ1v) is 17.5. The Morgan fingerprint density at radius 2 is 0.714 bits per heavy atom. The summed E-state index contributed by atoms with van der Waals surface area (Å²) in [6.45, 7) is 5.14. The molecule has 0 rings (SSSR count). The van der Waals surface area contributed by atoms with Crippen molar-refractivity contribution in [2.24, 2.45) is 0 Å². The number of carboxylic acids is 3. The number of unbranched alkanes of at least 4 members (excludes halogenated alkanes) is 17. The minimum atomic E-state index is -0.824. The van der Waals surface area contributed by atoms with Crippen molar-refractivity contribution in [3.8, 4) is 0 Å². The number of quaternary nitrogens is 1. The second-order valence-electron chi connectivity index (χ2n) is 12.4. The summed E-state index contributed by atoms with van der Waals surface area (Å²) in [5.74, 6) is -2.47. The van der Waals surface area contributed by atoms with Crippen LogP contribution in [-0.2, 0) is 14.4 Å². The Balaban J connectivity index is 4.04. The molecule has 0 fully saturated rings. The van der Waals surface area contributed by atoms with Crippen molar-refractivity contribution >= 4 is 17.9 Å². The van der Waals surface area contributed by atoms with Crippen molar-refractivity contribution in [1.29, 1.82) is 0 Å². The largest absolute Gasteiger partial charge is 0.481 e. The van der Waals surface area contributed by atoms with Gasteiger partial charge in [-0.1, -0.05) is 103 Å². The third-order valence-electron chi connectivity index (χ3n) is 8.46. The van der Waals surface area contributed by atoms with Gasteiger partial charge in [0, 0.05) is 19.3 Å². The number of aliphatic carboxylic acids is 3. The van der Waals surface area contributed by atoms with E-state index in [0.717, 1.165) is 19.4 Å². The molecule has 0 heterocycles. The van der Waals surface area contributed by atoms with E-state index in [9.17, 15) is 14.4 Å². The average Bonchev–Trinajstić information content (AvgIpc) is 2.93. The lowest BCUT2D eigenvalue weighted by atomic mass is 10.0. The monoisotopic (exact) mass is 596 g/mol. The zero-order valence-corrected chi connectivity index (χ0v) is 27.2. The van der Waals surface area contributed by atoms with E-state index in [1.807, 2.05) is 0 Å². The molecule has 42 heavy (non-hydrogen) atoms. The van der Waals surface area contributed by atoms with Crippen LogP contribution in [-0.4, -0.2) is 63.9 Å². The Labute approximate surface area is 257 Å². The van der Waals surface area contributed by atoms with Gasteiger partial charge in [0.05, 0.1) is 45.4 Å². The predicted octanol–water partition coefficient (Wildman–Crippen LogP) is 9.39. The molecule has 0 saturated heterocycles. The van der Waals surface area contributed by atoms with Gasteiger partial charge in [-0.15, -0.1) is 0 Å². The molecular weight excluding hydrogens is 530 g/mol. The summed E-state index contributed by atoms with van der Waals surface area (Å²) in [6.07, 6.45) is 31.1. The number of hydrogen-bond acceptors (Lipinski definition) is 3. The first-order valence-electron chi connectivity index (χ1n) is 17.5. The second-order valence-corrected chi connectivity index (χ2v) is 12.4. The topological polar surface area (TPSA) is 112 Å². The molecule has 0 spiro atoms. The number of rotatable bonds is 33. The number of allylic oxidation sites excluding steroid dienone is 2. The highest BCUT2D eigenvalue weighted by Gasteiger charge is 2.27. The van der Waals surface area contributed by atoms with Crippen molar-refractivity contribution in [1.82, 2.24) is 0 Å². The van der Waals surface area contributed by atoms with E-state index in [0.29, 0.717) is 43.4 Å². The van der Waals surface area contributed by atoms with Crippen LogP contribution in [0.3, 0.4) is 0 Å². The average molecular weight is 597 g/mol. The summed E-state index contributed by atoms with van der Waals surface area (Å²) >= 11 is 0. The van der Waals surface area contributed by atoms with Gasteiger partial charge in [0.15, 0.2) is 0 Å². The van der Waals surface area contributed by atoms with Crippen LogP contribution in [0, 0.1) is 0 Å². The van der Waals surface area contributed by atoms with Crippen LogP contribution in [0.5, 0.6) is 0 Å². The van der Waals surface area contributed by atoms with Crippen LogP contribution in [0.2, 0.25) is 0 Å². The van der Waals surface area contributed by atoms with E-state index in [-0.39, 0.29) is 19.3 Å². The van der Waals surface area contributed by atoms with Gasteiger partial charge in [0.25, 0.3) is 0 Å². The highest BCUT2D eigenvalue weighted by molar-refractivity contribution is 5.67. The molecule has 0 aliphatic rings. The lowest BCUT2D eigenvalue weighted by Crippen LogP contribution is -2.51. The normalized spacial score (nSPS) is 11.8. The standard InChI is InChI=1S/C35H65NO6/c1-2-3-4-5-6-7-8-9-10-11-12-13-14-15-16-17-18-19-20-21-22-29-36(30-23-26-33(37)38,31-24-27-34(39)40)32-25-28-35(41)42/h9-10H,2-8,11-32H2,1H3,(H2-,37,38,39,40,41,42)/p+1/b10-9+. The molecule has 0 radical (unpaired) electrons. The zero-order chi connectivity index (χ0) is 31.2. The van der Waals surface area contributed by atoms with Crippen LogP contribution >= 0.6 is 0 Å². The van der Waals surface area contributed by atoms with E-state index < -0.39 is 17.9 Å². The molecule has 0 atom stereocenters. The summed E-state index contributed by atoms with van der Waals surface area (Å²) in [6, 6.07) is 0. The Morgan fingerprint density at radius 1 is 0.429 bits per heavy atom. The van der Waals surface area contributed by atoms with Gasteiger partial charge in [-0.2, -0.15) is 0 Å². The van der Waals surface area contributed by atoms with Gasteiger partial charge < -0.3 is 19.8 Å². The van der Waals surface area contributed by atoms with Crippen LogP contribution in [0.4, 0.5) is 0 Å². The van der Waals surface area contributed by atoms with Gasteiger partial charge >= 0.3 is 17.9 Å².